The van der Waals surface area contributed by atoms with Crippen LogP contribution < -0.4 is 16.4 Å². The van der Waals surface area contributed by atoms with Gasteiger partial charge in [0.05, 0.1) is 0 Å². The maximum Gasteiger partial charge on any atom is 0.293 e. The molecule has 1 atom stereocenters. The third-order valence-corrected chi connectivity index (χ3v) is 4.26. The molecule has 1 unspecified atom stereocenters. The Morgan fingerprint density at radius 2 is 1.88 bits per heavy atom. The molecule has 0 spiro atoms. The number of nitrogens with two attached hydrogens (primary N) is 1. The lowest BCUT2D eigenvalue weighted by molar-refractivity contribution is -0.129. The zero-order valence-corrected chi connectivity index (χ0v) is 15.0. The number of ether oxygens (including phenoxy) is 1. The number of carbonyl (C=O) groups is 1. The van der Waals surface area contributed by atoms with E-state index in [1.54, 1.807) is 12.4 Å². The lowest BCUT2D eigenvalue weighted by Gasteiger charge is -2.25. The number of nitrogens with zero attached hydrogens (tertiary/aromatic N) is 1. The molecule has 6 nitrogen and oxygen atoms in total. The minimum absolute atomic E-state index is 0.0675. The van der Waals surface area contributed by atoms with Crippen LogP contribution in [-0.2, 0) is 16.1 Å². The monoisotopic (exact) mass is 356 g/mol. The van der Waals surface area contributed by atoms with E-state index in [0.29, 0.717) is 19.1 Å². The lowest BCUT2D eigenvalue weighted by atomic mass is 10.1. The average molecular weight is 356 g/mol. The second-order valence-electron chi connectivity index (χ2n) is 6.21. The number of rotatable bonds is 7. The van der Waals surface area contributed by atoms with Crippen LogP contribution in [0.3, 0.4) is 0 Å². The highest BCUT2D eigenvalue weighted by Crippen LogP contribution is 2.09. The van der Waals surface area contributed by atoms with Crippen LogP contribution in [-0.4, -0.2) is 37.1 Å². The van der Waals surface area contributed by atoms with E-state index >= 15 is 0 Å². The van der Waals surface area contributed by atoms with Crippen molar-refractivity contribution in [2.24, 2.45) is 5.73 Å². The molecule has 3 rings (SSSR count). The van der Waals surface area contributed by atoms with Gasteiger partial charge in [0.2, 0.25) is 0 Å². The fourth-order valence-corrected chi connectivity index (χ4v) is 2.75. The van der Waals surface area contributed by atoms with E-state index < -0.39 is 0 Å². The summed E-state index contributed by atoms with van der Waals surface area (Å²) in [6.45, 7) is 3.89. The van der Waals surface area contributed by atoms with Crippen molar-refractivity contribution in [3.8, 4) is 0 Å². The van der Waals surface area contributed by atoms with Gasteiger partial charge in [-0.2, -0.15) is 0 Å². The average Bonchev–Trinajstić information content (AvgIpc) is 2.73. The normalized spacial score (nSPS) is 15.4. The molecule has 1 aromatic heterocycles. The Kier molecular flexibility index (Phi) is 9.35. The molecule has 26 heavy (non-hydrogen) atoms. The molecule has 0 amide bonds. The van der Waals surface area contributed by atoms with Crippen molar-refractivity contribution in [2.45, 2.75) is 31.5 Å². The molecule has 0 saturated carbocycles. The van der Waals surface area contributed by atoms with E-state index in [4.69, 9.17) is 5.73 Å². The molecule has 2 aromatic rings. The van der Waals surface area contributed by atoms with Crippen LogP contribution in [0.4, 0.5) is 0 Å². The predicted octanol–water partition coefficient (Wildman–Crippen LogP) is 1.78. The molecular formula is C20H28N4O2. The van der Waals surface area contributed by atoms with Gasteiger partial charge in [-0.15, -0.1) is 0 Å². The zero-order chi connectivity index (χ0) is 18.5. The molecule has 4 N–H and O–H groups in total. The summed E-state index contributed by atoms with van der Waals surface area (Å²) in [6, 6.07) is 14.2. The summed E-state index contributed by atoms with van der Waals surface area (Å²) >= 11 is 0. The van der Waals surface area contributed by atoms with Crippen molar-refractivity contribution in [3.05, 3.63) is 66.0 Å². The highest BCUT2D eigenvalue weighted by Gasteiger charge is 2.13. The number of nitrogens with one attached hydrogen (secondary N) is 2. The Bertz CT molecular complexity index is 604. The van der Waals surface area contributed by atoms with Crippen LogP contribution in [0.1, 0.15) is 30.0 Å². The highest BCUT2D eigenvalue weighted by molar-refractivity contribution is 5.37. The minimum atomic E-state index is 0.0675. The fraction of sp³-hybridized carbons (Fsp3) is 0.400. The van der Waals surface area contributed by atoms with Gasteiger partial charge in [-0.05, 0) is 49.2 Å². The Morgan fingerprint density at radius 3 is 2.54 bits per heavy atom. The van der Waals surface area contributed by atoms with E-state index in [0.717, 1.165) is 30.8 Å². The van der Waals surface area contributed by atoms with E-state index in [2.05, 4.69) is 20.4 Å². The number of hydrogen-bond acceptors (Lipinski definition) is 6. The van der Waals surface area contributed by atoms with Gasteiger partial charge in [-0.25, -0.2) is 0 Å². The number of aromatic nitrogens is 1. The number of pyridine rings is 1. The summed E-state index contributed by atoms with van der Waals surface area (Å²) in [7, 11) is 0. The van der Waals surface area contributed by atoms with E-state index in [9.17, 15) is 4.79 Å². The van der Waals surface area contributed by atoms with Gasteiger partial charge in [0, 0.05) is 31.0 Å². The summed E-state index contributed by atoms with van der Waals surface area (Å²) in [5.74, 6) is 0. The van der Waals surface area contributed by atoms with E-state index in [-0.39, 0.29) is 6.04 Å². The van der Waals surface area contributed by atoms with Crippen molar-refractivity contribution in [1.29, 1.82) is 0 Å². The van der Waals surface area contributed by atoms with Crippen LogP contribution >= 0.6 is 0 Å². The van der Waals surface area contributed by atoms with Crippen LogP contribution in [0.25, 0.3) is 0 Å². The molecule has 0 aliphatic carbocycles. The molecular weight excluding hydrogens is 328 g/mol. The van der Waals surface area contributed by atoms with Crippen LogP contribution in [0, 0.1) is 0 Å². The first-order valence-electron chi connectivity index (χ1n) is 8.98. The maximum atomic E-state index is 9.76. The van der Waals surface area contributed by atoms with Crippen molar-refractivity contribution in [2.75, 3.05) is 19.6 Å². The Labute approximate surface area is 155 Å². The summed E-state index contributed by atoms with van der Waals surface area (Å²) in [6.07, 6.45) is 5.98. The van der Waals surface area contributed by atoms with Crippen LogP contribution in [0.5, 0.6) is 0 Å². The van der Waals surface area contributed by atoms with Gasteiger partial charge in [0.15, 0.2) is 0 Å². The van der Waals surface area contributed by atoms with E-state index in [1.807, 2.05) is 42.5 Å². The van der Waals surface area contributed by atoms with Gasteiger partial charge in [-0.1, -0.05) is 30.3 Å². The summed E-state index contributed by atoms with van der Waals surface area (Å²) in [5, 5.41) is 6.89. The Morgan fingerprint density at radius 1 is 1.19 bits per heavy atom. The molecule has 1 fully saturated rings. The first-order valence-corrected chi connectivity index (χ1v) is 8.98. The van der Waals surface area contributed by atoms with Crippen LogP contribution in [0.15, 0.2) is 54.9 Å². The lowest BCUT2D eigenvalue weighted by Crippen LogP contribution is -2.42. The molecule has 140 valence electrons. The van der Waals surface area contributed by atoms with Gasteiger partial charge in [0.25, 0.3) is 6.47 Å². The number of benzene rings is 1. The predicted molar refractivity (Wildman–Crippen MR) is 102 cm³/mol. The topological polar surface area (TPSA) is 89.3 Å². The molecule has 1 aromatic carbocycles. The SMILES string of the molecule is NC(CNC1CCNCC1)c1ccncc1.O=COCc1ccccc1. The second kappa shape index (κ2) is 12.1. The van der Waals surface area contributed by atoms with Gasteiger partial charge in [0.1, 0.15) is 6.61 Å². The number of hydrogen-bond donors (Lipinski definition) is 3. The van der Waals surface area contributed by atoms with Crippen molar-refractivity contribution >= 4 is 6.47 Å². The number of carbonyl (C=O) groups excluding carboxylic acids is 1. The minimum Gasteiger partial charge on any atom is -0.463 e. The summed E-state index contributed by atoms with van der Waals surface area (Å²) in [4.78, 5) is 13.7. The molecule has 1 saturated heterocycles. The van der Waals surface area contributed by atoms with Crippen molar-refractivity contribution in [3.63, 3.8) is 0 Å². The van der Waals surface area contributed by atoms with Gasteiger partial charge >= 0.3 is 0 Å². The van der Waals surface area contributed by atoms with E-state index in [1.165, 1.54) is 12.8 Å². The van der Waals surface area contributed by atoms with Crippen molar-refractivity contribution in [1.82, 2.24) is 15.6 Å². The smallest absolute Gasteiger partial charge is 0.293 e. The Balaban J connectivity index is 0.000000209. The maximum absolute atomic E-state index is 9.76. The highest BCUT2D eigenvalue weighted by atomic mass is 16.5. The Hall–Kier alpha value is -2.28. The quantitative estimate of drug-likeness (QED) is 0.656. The van der Waals surface area contributed by atoms with Gasteiger partial charge < -0.3 is 21.1 Å². The largest absolute Gasteiger partial charge is 0.463 e. The molecule has 2 heterocycles. The first kappa shape index (κ1) is 20.0. The molecule has 6 heteroatoms. The molecule has 0 bridgehead atoms. The third-order valence-electron chi connectivity index (χ3n) is 4.26. The van der Waals surface area contributed by atoms with Gasteiger partial charge in [-0.3, -0.25) is 9.78 Å². The number of piperidine rings is 1. The summed E-state index contributed by atoms with van der Waals surface area (Å²) < 4.78 is 4.54. The fourth-order valence-electron chi connectivity index (χ4n) is 2.75. The zero-order valence-electron chi connectivity index (χ0n) is 15.0. The van der Waals surface area contributed by atoms with Crippen molar-refractivity contribution < 1.29 is 9.53 Å². The second-order valence-corrected chi connectivity index (χ2v) is 6.21. The first-order chi connectivity index (χ1) is 12.8. The molecule has 1 aliphatic heterocycles. The summed E-state index contributed by atoms with van der Waals surface area (Å²) in [5.41, 5.74) is 8.26. The molecule has 0 radical (unpaired) electrons. The standard InChI is InChI=1S/C12H20N4.C8H8O2/c13-12(10-1-5-14-6-2-10)9-16-11-3-7-15-8-4-11;9-7-10-6-8-4-2-1-3-5-8/h1-2,5-6,11-12,15-16H,3-4,7-9,13H2;1-5,7H,6H2. The van der Waals surface area contributed by atoms with Crippen LogP contribution in [0.2, 0.25) is 0 Å². The molecule has 1 aliphatic rings. The third kappa shape index (κ3) is 7.74.